The van der Waals surface area contributed by atoms with E-state index in [9.17, 15) is 18.0 Å². The zero-order chi connectivity index (χ0) is 32.7. The highest BCUT2D eigenvalue weighted by Crippen LogP contribution is 2.36. The molecule has 0 aromatic heterocycles. The minimum absolute atomic E-state index is 0.0128. The summed E-state index contributed by atoms with van der Waals surface area (Å²) >= 11 is 12.6. The predicted molar refractivity (Wildman–Crippen MR) is 177 cm³/mol. The minimum atomic E-state index is -4.31. The summed E-state index contributed by atoms with van der Waals surface area (Å²) in [6.07, 6.45) is 4.91. The van der Waals surface area contributed by atoms with Gasteiger partial charge in [0, 0.05) is 28.7 Å². The van der Waals surface area contributed by atoms with E-state index in [4.69, 9.17) is 32.7 Å². The molecule has 0 bridgehead atoms. The zero-order valence-electron chi connectivity index (χ0n) is 25.9. The van der Waals surface area contributed by atoms with Gasteiger partial charge in [0.15, 0.2) is 0 Å². The van der Waals surface area contributed by atoms with Crippen LogP contribution >= 0.6 is 23.2 Å². The van der Waals surface area contributed by atoms with Gasteiger partial charge in [0.2, 0.25) is 11.8 Å². The standard InChI is InChI=1S/C33H39Cl2N3O6S/c1-22-10-15-28(16-11-22)45(41,42)38(30-19-27(43-3)14-17-31(30)44-4)21-32(39)37(20-24-12-13-25(34)18-29(24)35)23(2)33(40)36-26-8-6-5-7-9-26/h10-19,23,26H,5-9,20-21H2,1-4H3,(H,36,40)/t23-/m1/s1. The molecule has 2 amide bonds. The van der Waals surface area contributed by atoms with Crippen molar-refractivity contribution < 1.29 is 27.5 Å². The monoisotopic (exact) mass is 675 g/mol. The summed E-state index contributed by atoms with van der Waals surface area (Å²) < 4.78 is 40.4. The highest BCUT2D eigenvalue weighted by Gasteiger charge is 2.35. The quantitative estimate of drug-likeness (QED) is 0.239. The van der Waals surface area contributed by atoms with Crippen molar-refractivity contribution >= 4 is 50.7 Å². The molecule has 242 valence electrons. The van der Waals surface area contributed by atoms with Gasteiger partial charge in [-0.15, -0.1) is 0 Å². The summed E-state index contributed by atoms with van der Waals surface area (Å²) in [4.78, 5) is 29.2. The molecular formula is C33H39Cl2N3O6S. The van der Waals surface area contributed by atoms with Crippen LogP contribution in [0.5, 0.6) is 11.5 Å². The van der Waals surface area contributed by atoms with Gasteiger partial charge in [-0.2, -0.15) is 0 Å². The predicted octanol–water partition coefficient (Wildman–Crippen LogP) is 6.38. The maximum absolute atomic E-state index is 14.3. The molecule has 1 N–H and O–H groups in total. The first-order valence-electron chi connectivity index (χ1n) is 14.8. The van der Waals surface area contributed by atoms with Crippen molar-refractivity contribution in [2.24, 2.45) is 0 Å². The summed E-state index contributed by atoms with van der Waals surface area (Å²) in [6.45, 7) is 2.79. The fourth-order valence-electron chi connectivity index (χ4n) is 5.33. The molecule has 1 aliphatic rings. The van der Waals surface area contributed by atoms with Crippen LogP contribution in [0.25, 0.3) is 0 Å². The molecule has 0 unspecified atom stereocenters. The number of amides is 2. The highest BCUT2D eigenvalue weighted by molar-refractivity contribution is 7.92. The third kappa shape index (κ3) is 8.42. The average Bonchev–Trinajstić information content (AvgIpc) is 3.03. The van der Waals surface area contributed by atoms with Gasteiger partial charge in [-0.05, 0) is 68.7 Å². The number of rotatable bonds is 12. The summed E-state index contributed by atoms with van der Waals surface area (Å²) in [5.41, 5.74) is 1.53. The number of halogens is 2. The number of carbonyl (C=O) groups excluding carboxylic acids is 2. The molecule has 4 rings (SSSR count). The van der Waals surface area contributed by atoms with Gasteiger partial charge in [0.1, 0.15) is 24.1 Å². The normalized spacial score (nSPS) is 14.4. The molecule has 0 spiro atoms. The SMILES string of the molecule is COc1ccc(OC)c(N(CC(=O)N(Cc2ccc(Cl)cc2Cl)[C@H](C)C(=O)NC2CCCCC2)S(=O)(=O)c2ccc(C)cc2)c1. The smallest absolute Gasteiger partial charge is 0.264 e. The van der Waals surface area contributed by atoms with E-state index in [1.807, 2.05) is 6.92 Å². The molecule has 1 atom stereocenters. The van der Waals surface area contributed by atoms with Crippen molar-refractivity contribution in [1.82, 2.24) is 10.2 Å². The summed E-state index contributed by atoms with van der Waals surface area (Å²) in [5, 5.41) is 3.83. The number of sulfonamides is 1. The number of nitrogens with zero attached hydrogens (tertiary/aromatic N) is 2. The minimum Gasteiger partial charge on any atom is -0.497 e. The van der Waals surface area contributed by atoms with Gasteiger partial charge < -0.3 is 19.7 Å². The van der Waals surface area contributed by atoms with Crippen LogP contribution in [0.4, 0.5) is 5.69 Å². The lowest BCUT2D eigenvalue weighted by atomic mass is 9.95. The number of nitrogens with one attached hydrogen (secondary N) is 1. The van der Waals surface area contributed by atoms with Gasteiger partial charge in [0.25, 0.3) is 10.0 Å². The molecule has 0 aliphatic heterocycles. The first-order valence-corrected chi connectivity index (χ1v) is 17.0. The van der Waals surface area contributed by atoms with E-state index in [1.54, 1.807) is 49.4 Å². The second-order valence-electron chi connectivity index (χ2n) is 11.1. The molecule has 0 saturated heterocycles. The maximum atomic E-state index is 14.3. The summed E-state index contributed by atoms with van der Waals surface area (Å²) in [5.74, 6) is -0.359. The van der Waals surface area contributed by atoms with Crippen LogP contribution in [0.2, 0.25) is 10.0 Å². The number of hydrogen-bond acceptors (Lipinski definition) is 6. The Bertz CT molecular complexity index is 1610. The molecule has 3 aromatic rings. The zero-order valence-corrected chi connectivity index (χ0v) is 28.2. The fraction of sp³-hybridized carbons (Fsp3) is 0.394. The average molecular weight is 677 g/mol. The van der Waals surface area contributed by atoms with Gasteiger partial charge in [-0.1, -0.05) is 66.2 Å². The van der Waals surface area contributed by atoms with Crippen LogP contribution < -0.4 is 19.1 Å². The molecule has 0 heterocycles. The van der Waals surface area contributed by atoms with Crippen molar-refractivity contribution in [2.45, 2.75) is 69.5 Å². The van der Waals surface area contributed by atoms with Crippen LogP contribution in [-0.4, -0.2) is 58.0 Å². The second kappa shape index (κ2) is 15.2. The van der Waals surface area contributed by atoms with Crippen molar-refractivity contribution in [3.05, 3.63) is 81.8 Å². The topological polar surface area (TPSA) is 105 Å². The lowest BCUT2D eigenvalue weighted by Gasteiger charge is -2.33. The first-order chi connectivity index (χ1) is 21.4. The molecule has 1 aliphatic carbocycles. The Morgan fingerprint density at radius 1 is 0.956 bits per heavy atom. The second-order valence-corrected chi connectivity index (χ2v) is 13.8. The van der Waals surface area contributed by atoms with Gasteiger partial charge in [-0.25, -0.2) is 8.42 Å². The van der Waals surface area contributed by atoms with Gasteiger partial charge >= 0.3 is 0 Å². The number of anilines is 1. The van der Waals surface area contributed by atoms with Crippen molar-refractivity contribution in [3.8, 4) is 11.5 Å². The molecule has 3 aromatic carbocycles. The van der Waals surface area contributed by atoms with Crippen molar-refractivity contribution in [1.29, 1.82) is 0 Å². The van der Waals surface area contributed by atoms with E-state index >= 15 is 0 Å². The summed E-state index contributed by atoms with van der Waals surface area (Å²) in [6, 6.07) is 15.0. The van der Waals surface area contributed by atoms with E-state index in [-0.39, 0.29) is 34.8 Å². The van der Waals surface area contributed by atoms with Gasteiger partial charge in [0.05, 0.1) is 24.8 Å². The van der Waals surface area contributed by atoms with Crippen LogP contribution in [0, 0.1) is 6.92 Å². The molecule has 45 heavy (non-hydrogen) atoms. The highest BCUT2D eigenvalue weighted by atomic mass is 35.5. The van der Waals surface area contributed by atoms with E-state index in [0.717, 1.165) is 42.0 Å². The van der Waals surface area contributed by atoms with Crippen LogP contribution in [0.1, 0.15) is 50.2 Å². The van der Waals surface area contributed by atoms with Crippen LogP contribution in [-0.2, 0) is 26.2 Å². The Morgan fingerprint density at radius 3 is 2.27 bits per heavy atom. The third-order valence-corrected chi connectivity index (χ3v) is 10.4. The number of methoxy groups -OCH3 is 2. The Labute approximate surface area is 275 Å². The van der Waals surface area contributed by atoms with E-state index < -0.39 is 28.5 Å². The van der Waals surface area contributed by atoms with Crippen molar-refractivity contribution in [3.63, 3.8) is 0 Å². The Hall–Kier alpha value is -3.47. The van der Waals surface area contributed by atoms with Crippen LogP contribution in [0.3, 0.4) is 0 Å². The summed E-state index contributed by atoms with van der Waals surface area (Å²) in [7, 11) is -1.43. The molecule has 9 nitrogen and oxygen atoms in total. The fourth-order valence-corrected chi connectivity index (χ4v) is 7.21. The van der Waals surface area contributed by atoms with Gasteiger partial charge in [-0.3, -0.25) is 13.9 Å². The number of ether oxygens (including phenoxy) is 2. The molecule has 0 radical (unpaired) electrons. The van der Waals surface area contributed by atoms with E-state index in [0.29, 0.717) is 21.4 Å². The molecular weight excluding hydrogens is 637 g/mol. The first kappa shape index (κ1) is 34.4. The van der Waals surface area contributed by atoms with E-state index in [1.165, 1.54) is 37.3 Å². The van der Waals surface area contributed by atoms with Crippen molar-refractivity contribution in [2.75, 3.05) is 25.1 Å². The molecule has 1 saturated carbocycles. The Balaban J connectivity index is 1.76. The lowest BCUT2D eigenvalue weighted by Crippen LogP contribution is -2.53. The number of aryl methyl sites for hydroxylation is 1. The van der Waals surface area contributed by atoms with Crippen LogP contribution in [0.15, 0.2) is 65.6 Å². The number of carbonyl (C=O) groups is 2. The maximum Gasteiger partial charge on any atom is 0.264 e. The number of hydrogen-bond donors (Lipinski definition) is 1. The Kier molecular flexibility index (Phi) is 11.6. The Morgan fingerprint density at radius 2 is 1.64 bits per heavy atom. The number of benzene rings is 3. The van der Waals surface area contributed by atoms with E-state index in [2.05, 4.69) is 5.32 Å². The largest absolute Gasteiger partial charge is 0.497 e. The lowest BCUT2D eigenvalue weighted by molar-refractivity contribution is -0.139. The molecule has 12 heteroatoms. The molecule has 1 fully saturated rings. The third-order valence-electron chi connectivity index (χ3n) is 8.02.